The van der Waals surface area contributed by atoms with E-state index in [0.29, 0.717) is 5.56 Å². The lowest BCUT2D eigenvalue weighted by Crippen LogP contribution is -2.81. The van der Waals surface area contributed by atoms with Crippen LogP contribution in [0.2, 0.25) is 0 Å². The van der Waals surface area contributed by atoms with Gasteiger partial charge in [0.2, 0.25) is 6.10 Å². The number of hydrogen-bond donors (Lipinski definition) is 4. The summed E-state index contributed by atoms with van der Waals surface area (Å²) in [5, 5.41) is 40.8. The minimum atomic E-state index is -2.42. The number of alkyl carbamates (subject to hydrolysis) is 1. The normalized spacial score (nSPS) is 30.9. The van der Waals surface area contributed by atoms with E-state index in [-0.39, 0.29) is 35.3 Å². The van der Waals surface area contributed by atoms with Crippen LogP contribution in [-0.4, -0.2) is 111 Å². The molecule has 11 atom stereocenters. The zero-order chi connectivity index (χ0) is 48.1. The molecule has 352 valence electrons. The Bertz CT molecular complexity index is 2400. The van der Waals surface area contributed by atoms with Crippen molar-refractivity contribution in [3.63, 3.8) is 0 Å². The summed E-state index contributed by atoms with van der Waals surface area (Å²) in [6, 6.07) is 22.4. The zero-order valence-corrected chi connectivity index (χ0v) is 38.1. The second-order valence-electron chi connectivity index (χ2n) is 19.3. The number of ether oxygens (including phenoxy) is 6. The van der Waals surface area contributed by atoms with Crippen LogP contribution < -0.4 is 5.32 Å². The number of carbonyl (C=O) groups is 6. The maximum absolute atomic E-state index is 15.2. The van der Waals surface area contributed by atoms with E-state index in [1.165, 1.54) is 38.1 Å². The molecule has 16 nitrogen and oxygen atoms in total. The number of nitrogens with one attached hydrogen (secondary N) is 1. The van der Waals surface area contributed by atoms with Gasteiger partial charge in [-0.15, -0.1) is 0 Å². The van der Waals surface area contributed by atoms with Gasteiger partial charge in [0.1, 0.15) is 41.7 Å². The summed E-state index contributed by atoms with van der Waals surface area (Å²) < 4.78 is 36.1. The molecule has 4 N–H and O–H groups in total. The van der Waals surface area contributed by atoms with Crippen LogP contribution in [0.4, 0.5) is 4.79 Å². The Morgan fingerprint density at radius 1 is 0.833 bits per heavy atom. The van der Waals surface area contributed by atoms with Crippen molar-refractivity contribution in [2.24, 2.45) is 16.7 Å². The maximum Gasteiger partial charge on any atom is 0.408 e. The lowest BCUT2D eigenvalue weighted by Gasteiger charge is -2.67. The summed E-state index contributed by atoms with van der Waals surface area (Å²) in [5.41, 5.74) is -8.43. The van der Waals surface area contributed by atoms with Crippen molar-refractivity contribution in [2.45, 2.75) is 128 Å². The van der Waals surface area contributed by atoms with Crippen LogP contribution in [0.1, 0.15) is 101 Å². The molecule has 0 radical (unpaired) electrons. The Hall–Kier alpha value is -5.94. The molecule has 2 bridgehead atoms. The number of ketones is 1. The van der Waals surface area contributed by atoms with Gasteiger partial charge in [-0.25, -0.2) is 19.2 Å². The average molecular weight is 912 g/mol. The molecular weight excluding hydrogens is 855 g/mol. The number of rotatable bonds is 10. The lowest BCUT2D eigenvalue weighted by molar-refractivity contribution is -0.346. The molecule has 3 aromatic rings. The number of aliphatic hydroxyl groups excluding tert-OH is 2. The first-order valence-corrected chi connectivity index (χ1v) is 21.9. The number of amides is 1. The molecule has 2 unspecified atom stereocenters. The summed E-state index contributed by atoms with van der Waals surface area (Å²) in [7, 11) is 0. The third-order valence-electron chi connectivity index (χ3n) is 13.8. The highest BCUT2D eigenvalue weighted by Crippen LogP contribution is 2.64. The van der Waals surface area contributed by atoms with E-state index < -0.39 is 118 Å². The van der Waals surface area contributed by atoms with Gasteiger partial charge in [0, 0.05) is 25.2 Å². The number of carbonyl (C=O) groups excluding carboxylic acids is 6. The highest BCUT2D eigenvalue weighted by molar-refractivity contribution is 5.94. The van der Waals surface area contributed by atoms with Crippen LogP contribution in [0.3, 0.4) is 0 Å². The lowest BCUT2D eigenvalue weighted by atomic mass is 9.44. The van der Waals surface area contributed by atoms with Gasteiger partial charge in [-0.1, -0.05) is 80.6 Å². The molecule has 1 heterocycles. The smallest absolute Gasteiger partial charge is 0.408 e. The SMILES string of the molecule is CC(=O)O[C@@]12CO[C@@H]1C[C@H](O)[C@@]1(C)C(=O)[C@H](O)C3=C(C)[C@@H](OC(=O)[C@H](OC(=O)c4ccccc4)[C@@H](NC(=O)OC(C)(C)C)c4ccccc4)C[C@@](O)(C(OC(=O)c4ccccc4)C12)C3(C)C. The van der Waals surface area contributed by atoms with Gasteiger partial charge in [0.05, 0.1) is 35.2 Å². The zero-order valence-electron chi connectivity index (χ0n) is 38.1. The molecule has 66 heavy (non-hydrogen) atoms. The van der Waals surface area contributed by atoms with E-state index in [0.717, 1.165) is 6.92 Å². The molecule has 3 aromatic carbocycles. The first-order valence-electron chi connectivity index (χ1n) is 21.9. The minimum absolute atomic E-state index is 0.0616. The van der Waals surface area contributed by atoms with Crippen molar-refractivity contribution in [1.29, 1.82) is 0 Å². The Morgan fingerprint density at radius 3 is 1.92 bits per heavy atom. The van der Waals surface area contributed by atoms with Crippen LogP contribution in [0.25, 0.3) is 0 Å². The molecule has 4 aliphatic rings. The molecule has 3 aliphatic carbocycles. The van der Waals surface area contributed by atoms with Crippen LogP contribution in [0.5, 0.6) is 0 Å². The number of hydrogen-bond acceptors (Lipinski definition) is 15. The molecule has 1 aliphatic heterocycles. The molecule has 7 rings (SSSR count). The fourth-order valence-electron chi connectivity index (χ4n) is 10.4. The summed E-state index contributed by atoms with van der Waals surface area (Å²) >= 11 is 0. The van der Waals surface area contributed by atoms with Crippen molar-refractivity contribution in [1.82, 2.24) is 5.32 Å². The van der Waals surface area contributed by atoms with Gasteiger partial charge in [-0.3, -0.25) is 9.59 Å². The van der Waals surface area contributed by atoms with E-state index in [1.807, 2.05) is 0 Å². The van der Waals surface area contributed by atoms with Gasteiger partial charge < -0.3 is 49.1 Å². The molecule has 16 heteroatoms. The highest BCUT2D eigenvalue weighted by Gasteiger charge is 2.78. The standard InChI is InChI=1S/C50H57NO15/c1-27-32(62-44(58)38(63-42(56)30-20-14-10-15-21-30)36(29-18-12-9-13-19-29)51-45(59)66-46(3,4)5)25-50(60)41(64-43(57)31-22-16-11-17-23-31)39-48(8,40(55)37(54)35(27)47(50,6)7)33(53)24-34-49(39,26-61-34)65-28(2)52/h9-23,32-34,36-39,41,53-54,60H,24-26H2,1-8H3,(H,51,59)/t32-,33-,34+,36-,37+,38+,39?,41?,48+,49-,50+/m0/s1. The molecule has 1 saturated heterocycles. The van der Waals surface area contributed by atoms with Crippen LogP contribution in [0, 0.1) is 16.7 Å². The van der Waals surface area contributed by atoms with Gasteiger partial charge >= 0.3 is 30.0 Å². The molecule has 3 fully saturated rings. The van der Waals surface area contributed by atoms with Gasteiger partial charge in [0.25, 0.3) is 0 Å². The second-order valence-corrected chi connectivity index (χ2v) is 19.3. The van der Waals surface area contributed by atoms with Crippen LogP contribution in [-0.2, 0) is 42.8 Å². The van der Waals surface area contributed by atoms with Crippen molar-refractivity contribution < 1.29 is 72.5 Å². The van der Waals surface area contributed by atoms with E-state index in [2.05, 4.69) is 5.32 Å². The summed E-state index contributed by atoms with van der Waals surface area (Å²) in [6.45, 7) is 11.7. The van der Waals surface area contributed by atoms with Crippen molar-refractivity contribution in [3.05, 3.63) is 119 Å². The van der Waals surface area contributed by atoms with Crippen molar-refractivity contribution in [3.8, 4) is 0 Å². The van der Waals surface area contributed by atoms with Crippen LogP contribution in [0.15, 0.2) is 102 Å². The highest BCUT2D eigenvalue weighted by atomic mass is 16.6. The Kier molecular flexibility index (Phi) is 12.9. The molecule has 0 spiro atoms. The quantitative estimate of drug-likeness (QED) is 0.117. The summed E-state index contributed by atoms with van der Waals surface area (Å²) in [6.07, 6.45) is -11.7. The first kappa shape index (κ1) is 48.0. The third kappa shape index (κ3) is 8.39. The Morgan fingerprint density at radius 2 is 1.39 bits per heavy atom. The van der Waals surface area contributed by atoms with E-state index in [9.17, 15) is 34.5 Å². The van der Waals surface area contributed by atoms with Crippen LogP contribution >= 0.6 is 0 Å². The number of Topliss-reactive ketones (excluding diaryl/α,β-unsaturated/α-hetero) is 1. The van der Waals surface area contributed by atoms with Gasteiger partial charge in [0.15, 0.2) is 11.4 Å². The fourth-order valence-corrected chi connectivity index (χ4v) is 10.4. The monoisotopic (exact) mass is 911 g/mol. The minimum Gasteiger partial charge on any atom is -0.455 e. The fraction of sp³-hybridized carbons (Fsp3) is 0.480. The van der Waals surface area contributed by atoms with E-state index >= 15 is 9.59 Å². The van der Waals surface area contributed by atoms with Gasteiger partial charge in [-0.2, -0.15) is 0 Å². The maximum atomic E-state index is 15.2. The summed E-state index contributed by atoms with van der Waals surface area (Å²) in [4.78, 5) is 84.8. The number of aliphatic hydroxyl groups is 3. The van der Waals surface area contributed by atoms with Crippen molar-refractivity contribution in [2.75, 3.05) is 6.61 Å². The predicted molar refractivity (Wildman–Crippen MR) is 233 cm³/mol. The summed E-state index contributed by atoms with van der Waals surface area (Å²) in [5.74, 6) is -6.39. The molecule has 1 amide bonds. The molecular formula is C50H57NO15. The largest absolute Gasteiger partial charge is 0.455 e. The Balaban J connectivity index is 1.39. The van der Waals surface area contributed by atoms with E-state index in [4.69, 9.17) is 28.4 Å². The topological polar surface area (TPSA) is 231 Å². The predicted octanol–water partition coefficient (Wildman–Crippen LogP) is 5.12. The second kappa shape index (κ2) is 17.7. The molecule has 2 saturated carbocycles. The molecule has 0 aromatic heterocycles. The van der Waals surface area contributed by atoms with E-state index in [1.54, 1.807) is 101 Å². The number of esters is 4. The van der Waals surface area contributed by atoms with Gasteiger partial charge in [-0.05, 0) is 75.6 Å². The first-order chi connectivity index (χ1) is 31.0. The number of benzene rings is 3. The Labute approximate surface area is 382 Å². The number of fused-ring (bicyclic) bond motifs is 5. The van der Waals surface area contributed by atoms with Crippen molar-refractivity contribution >= 4 is 35.8 Å². The average Bonchev–Trinajstić information content (AvgIpc) is 3.26. The third-order valence-corrected chi connectivity index (χ3v) is 13.8.